The molecular weight excluding hydrogens is 451 g/mol. The third-order valence-electron chi connectivity index (χ3n) is 4.86. The molecule has 1 atom stereocenters. The molecular formula is C25H24F3NO5. The van der Waals surface area contributed by atoms with Gasteiger partial charge in [-0.3, -0.25) is 0 Å². The van der Waals surface area contributed by atoms with Gasteiger partial charge >= 0.3 is 12.1 Å². The summed E-state index contributed by atoms with van der Waals surface area (Å²) in [6.45, 7) is 3.83. The molecule has 2 aromatic carbocycles. The Bertz CT molecular complexity index is 1120. The van der Waals surface area contributed by atoms with E-state index in [9.17, 15) is 18.0 Å². The molecule has 9 heteroatoms. The molecule has 3 aromatic rings. The molecule has 0 saturated heterocycles. The summed E-state index contributed by atoms with van der Waals surface area (Å²) in [5.41, 5.74) is 1.57. The average molecular weight is 475 g/mol. The van der Waals surface area contributed by atoms with E-state index in [2.05, 4.69) is 4.98 Å². The molecule has 3 rings (SSSR count). The Labute approximate surface area is 194 Å². The van der Waals surface area contributed by atoms with Crippen molar-refractivity contribution in [3.63, 3.8) is 0 Å². The molecule has 0 spiro atoms. The van der Waals surface area contributed by atoms with E-state index in [1.54, 1.807) is 43.3 Å². The fourth-order valence-electron chi connectivity index (χ4n) is 3.19. The van der Waals surface area contributed by atoms with Crippen LogP contribution in [0.1, 0.15) is 29.8 Å². The van der Waals surface area contributed by atoms with Crippen molar-refractivity contribution in [3.05, 3.63) is 77.5 Å². The van der Waals surface area contributed by atoms with Crippen molar-refractivity contribution in [2.24, 2.45) is 0 Å². The van der Waals surface area contributed by atoms with Gasteiger partial charge in [-0.15, -0.1) is 0 Å². The van der Waals surface area contributed by atoms with Gasteiger partial charge in [-0.05, 0) is 61.9 Å². The molecule has 0 amide bonds. The van der Waals surface area contributed by atoms with Gasteiger partial charge in [0, 0.05) is 12.2 Å². The van der Waals surface area contributed by atoms with Crippen molar-refractivity contribution >= 4 is 5.97 Å². The van der Waals surface area contributed by atoms with Crippen LogP contribution in [0.4, 0.5) is 13.2 Å². The SMILES string of the molecule is CCOC[C@H](Oc1ccc(OCC(=O)O)c(C)c1)c1cccc(-c2ccc(C(F)(F)F)cc2)n1. The fourth-order valence-corrected chi connectivity index (χ4v) is 3.19. The third kappa shape index (κ3) is 6.71. The van der Waals surface area contributed by atoms with E-state index in [4.69, 9.17) is 19.3 Å². The molecule has 0 unspecified atom stereocenters. The number of alkyl halides is 3. The molecule has 1 N–H and O–H groups in total. The molecule has 1 aromatic heterocycles. The second-order valence-corrected chi connectivity index (χ2v) is 7.40. The number of aryl methyl sites for hydroxylation is 1. The Balaban J connectivity index is 1.83. The number of nitrogens with zero attached hydrogens (tertiary/aromatic N) is 1. The summed E-state index contributed by atoms with van der Waals surface area (Å²) in [4.78, 5) is 15.3. The summed E-state index contributed by atoms with van der Waals surface area (Å²) in [7, 11) is 0. The standard InChI is InChI=1S/C25H24F3NO5/c1-3-32-14-23(34-19-11-12-22(16(2)13-19)33-15-24(30)31)21-6-4-5-20(29-21)17-7-9-18(10-8-17)25(26,27)28/h4-13,23H,3,14-15H2,1-2H3,(H,30,31)/t23-/m0/s1. The van der Waals surface area contributed by atoms with Gasteiger partial charge in [-0.2, -0.15) is 13.2 Å². The van der Waals surface area contributed by atoms with E-state index in [1.165, 1.54) is 12.1 Å². The van der Waals surface area contributed by atoms with Gasteiger partial charge in [0.15, 0.2) is 12.7 Å². The van der Waals surface area contributed by atoms with Crippen molar-refractivity contribution in [3.8, 4) is 22.8 Å². The third-order valence-corrected chi connectivity index (χ3v) is 4.86. The average Bonchev–Trinajstić information content (AvgIpc) is 2.80. The number of benzene rings is 2. The fraction of sp³-hybridized carbons (Fsp3) is 0.280. The van der Waals surface area contributed by atoms with E-state index in [1.807, 2.05) is 6.92 Å². The normalized spacial score (nSPS) is 12.3. The summed E-state index contributed by atoms with van der Waals surface area (Å²) in [5, 5.41) is 8.78. The maximum atomic E-state index is 12.9. The molecule has 0 aliphatic carbocycles. The van der Waals surface area contributed by atoms with Gasteiger partial charge in [0.25, 0.3) is 0 Å². The molecule has 0 radical (unpaired) electrons. The Hall–Kier alpha value is -3.59. The number of carboxylic acids is 1. The van der Waals surface area contributed by atoms with Gasteiger partial charge in [0.05, 0.1) is 23.6 Å². The molecule has 6 nitrogen and oxygen atoms in total. The van der Waals surface area contributed by atoms with Crippen molar-refractivity contribution in [1.29, 1.82) is 0 Å². The van der Waals surface area contributed by atoms with E-state index >= 15 is 0 Å². The van der Waals surface area contributed by atoms with Crippen LogP contribution in [-0.4, -0.2) is 35.9 Å². The number of halogens is 3. The number of pyridine rings is 1. The zero-order chi connectivity index (χ0) is 24.7. The van der Waals surface area contributed by atoms with Crippen molar-refractivity contribution in [1.82, 2.24) is 4.98 Å². The molecule has 180 valence electrons. The lowest BCUT2D eigenvalue weighted by Gasteiger charge is -2.20. The quantitative estimate of drug-likeness (QED) is 0.406. The summed E-state index contributed by atoms with van der Waals surface area (Å²) in [5.74, 6) is -0.138. The van der Waals surface area contributed by atoms with Crippen LogP contribution in [0, 0.1) is 6.92 Å². The Morgan fingerprint density at radius 2 is 1.82 bits per heavy atom. The predicted octanol–water partition coefficient (Wildman–Crippen LogP) is 5.70. The summed E-state index contributed by atoms with van der Waals surface area (Å²) in [6.07, 6.45) is -4.99. The van der Waals surface area contributed by atoms with Crippen LogP contribution in [0.3, 0.4) is 0 Å². The topological polar surface area (TPSA) is 77.9 Å². The van der Waals surface area contributed by atoms with Gasteiger partial charge in [0.2, 0.25) is 0 Å². The molecule has 0 aliphatic heterocycles. The summed E-state index contributed by atoms with van der Waals surface area (Å²) < 4.78 is 55.5. The molecule has 34 heavy (non-hydrogen) atoms. The highest BCUT2D eigenvalue weighted by Crippen LogP contribution is 2.31. The first-order valence-corrected chi connectivity index (χ1v) is 10.5. The maximum Gasteiger partial charge on any atom is 0.416 e. The lowest BCUT2D eigenvalue weighted by Crippen LogP contribution is -2.16. The van der Waals surface area contributed by atoms with Crippen LogP contribution in [0.25, 0.3) is 11.3 Å². The highest BCUT2D eigenvalue weighted by atomic mass is 19.4. The zero-order valence-electron chi connectivity index (χ0n) is 18.6. The van der Waals surface area contributed by atoms with Gasteiger partial charge < -0.3 is 19.3 Å². The lowest BCUT2D eigenvalue weighted by molar-refractivity contribution is -0.139. The number of hydrogen-bond acceptors (Lipinski definition) is 5. The maximum absolute atomic E-state index is 12.9. The van der Waals surface area contributed by atoms with E-state index in [0.717, 1.165) is 12.1 Å². The molecule has 0 saturated carbocycles. The van der Waals surface area contributed by atoms with Gasteiger partial charge in [0.1, 0.15) is 11.5 Å². The largest absolute Gasteiger partial charge is 0.482 e. The Morgan fingerprint density at radius 3 is 2.44 bits per heavy atom. The number of aromatic nitrogens is 1. The number of hydrogen-bond donors (Lipinski definition) is 1. The Kier molecular flexibility index (Phi) is 8.12. The number of carboxylic acid groups (broad SMARTS) is 1. The van der Waals surface area contributed by atoms with Crippen LogP contribution in [0.15, 0.2) is 60.7 Å². The van der Waals surface area contributed by atoms with Crippen LogP contribution >= 0.6 is 0 Å². The number of carbonyl (C=O) groups is 1. The molecule has 1 heterocycles. The van der Waals surface area contributed by atoms with Gasteiger partial charge in [-0.25, -0.2) is 9.78 Å². The van der Waals surface area contributed by atoms with Gasteiger partial charge in [-0.1, -0.05) is 18.2 Å². The zero-order valence-corrected chi connectivity index (χ0v) is 18.6. The first-order valence-electron chi connectivity index (χ1n) is 10.5. The molecule has 0 aliphatic rings. The molecule has 0 bridgehead atoms. The number of rotatable bonds is 10. The second kappa shape index (κ2) is 11.0. The van der Waals surface area contributed by atoms with E-state index in [-0.39, 0.29) is 6.61 Å². The van der Waals surface area contributed by atoms with Crippen molar-refractivity contribution in [2.45, 2.75) is 26.1 Å². The lowest BCUT2D eigenvalue weighted by atomic mass is 10.1. The minimum Gasteiger partial charge on any atom is -0.482 e. The van der Waals surface area contributed by atoms with Crippen LogP contribution in [0.5, 0.6) is 11.5 Å². The highest BCUT2D eigenvalue weighted by molar-refractivity contribution is 5.68. The first kappa shape index (κ1) is 25.0. The summed E-state index contributed by atoms with van der Waals surface area (Å²) >= 11 is 0. The van der Waals surface area contributed by atoms with Crippen molar-refractivity contribution < 1.29 is 37.3 Å². The highest BCUT2D eigenvalue weighted by Gasteiger charge is 2.30. The predicted molar refractivity (Wildman–Crippen MR) is 119 cm³/mol. The number of aliphatic carboxylic acids is 1. The second-order valence-electron chi connectivity index (χ2n) is 7.40. The monoisotopic (exact) mass is 475 g/mol. The first-order chi connectivity index (χ1) is 16.2. The summed E-state index contributed by atoms with van der Waals surface area (Å²) in [6, 6.07) is 15.0. The minimum absolute atomic E-state index is 0.205. The van der Waals surface area contributed by atoms with E-state index in [0.29, 0.717) is 40.6 Å². The van der Waals surface area contributed by atoms with Crippen molar-refractivity contribution in [2.75, 3.05) is 19.8 Å². The Morgan fingerprint density at radius 1 is 1.09 bits per heavy atom. The minimum atomic E-state index is -4.41. The van der Waals surface area contributed by atoms with E-state index < -0.39 is 30.4 Å². The smallest absolute Gasteiger partial charge is 0.416 e. The van der Waals surface area contributed by atoms with Crippen LogP contribution < -0.4 is 9.47 Å². The van der Waals surface area contributed by atoms with Crippen LogP contribution in [0.2, 0.25) is 0 Å². The molecule has 0 fully saturated rings. The number of ether oxygens (including phenoxy) is 3. The van der Waals surface area contributed by atoms with Crippen LogP contribution in [-0.2, 0) is 15.7 Å².